The highest BCUT2D eigenvalue weighted by molar-refractivity contribution is 6.02. The highest BCUT2D eigenvalue weighted by Crippen LogP contribution is 2.23. The van der Waals surface area contributed by atoms with Crippen LogP contribution in [-0.4, -0.2) is 54.1 Å². The van der Waals surface area contributed by atoms with Gasteiger partial charge in [-0.3, -0.25) is 14.4 Å². The molecule has 3 amide bonds. The van der Waals surface area contributed by atoms with Gasteiger partial charge >= 0.3 is 0 Å². The fourth-order valence-electron chi connectivity index (χ4n) is 3.60. The van der Waals surface area contributed by atoms with Crippen molar-refractivity contribution in [1.29, 1.82) is 0 Å². The average Bonchev–Trinajstić information content (AvgIpc) is 3.26. The molecule has 142 valence electrons. The predicted octanol–water partition coefficient (Wildman–Crippen LogP) is 0.408. The lowest BCUT2D eigenvalue weighted by Crippen LogP contribution is -2.50. The maximum Gasteiger partial charge on any atom is 0.268 e. The van der Waals surface area contributed by atoms with E-state index >= 15 is 0 Å². The Morgan fingerprint density at radius 3 is 2.78 bits per heavy atom. The molecule has 0 aliphatic carbocycles. The van der Waals surface area contributed by atoms with Gasteiger partial charge in [0.1, 0.15) is 5.69 Å². The van der Waals surface area contributed by atoms with Gasteiger partial charge in [-0.15, -0.1) is 0 Å². The van der Waals surface area contributed by atoms with Crippen LogP contribution < -0.4 is 16.0 Å². The van der Waals surface area contributed by atoms with Crippen molar-refractivity contribution in [2.75, 3.05) is 19.8 Å². The van der Waals surface area contributed by atoms with Crippen molar-refractivity contribution in [1.82, 2.24) is 20.5 Å². The maximum absolute atomic E-state index is 12.7. The molecule has 3 N–H and O–H groups in total. The smallest absolute Gasteiger partial charge is 0.268 e. The highest BCUT2D eigenvalue weighted by Gasteiger charge is 2.31. The number of hydrogen-bond donors (Lipinski definition) is 3. The van der Waals surface area contributed by atoms with Crippen LogP contribution in [0.5, 0.6) is 0 Å². The first kappa shape index (κ1) is 17.5. The number of benzene rings is 1. The Kier molecular flexibility index (Phi) is 4.57. The first-order chi connectivity index (χ1) is 13.1. The van der Waals surface area contributed by atoms with Crippen molar-refractivity contribution in [3.05, 3.63) is 35.5 Å². The largest absolute Gasteiger partial charge is 0.377 e. The normalized spacial score (nSPS) is 21.6. The van der Waals surface area contributed by atoms with Gasteiger partial charge in [0.25, 0.3) is 11.8 Å². The molecule has 4 rings (SSSR count). The van der Waals surface area contributed by atoms with Crippen LogP contribution in [0.2, 0.25) is 0 Å². The average molecular weight is 370 g/mol. The molecule has 8 nitrogen and oxygen atoms in total. The predicted molar refractivity (Wildman–Crippen MR) is 98.6 cm³/mol. The fraction of sp³-hybridized carbons (Fsp3) is 0.421. The van der Waals surface area contributed by atoms with Crippen LogP contribution in [-0.2, 0) is 16.1 Å². The second-order valence-electron chi connectivity index (χ2n) is 6.86. The molecule has 0 spiro atoms. The summed E-state index contributed by atoms with van der Waals surface area (Å²) in [5, 5.41) is 9.58. The quantitative estimate of drug-likeness (QED) is 0.725. The molecule has 1 aromatic carbocycles. The molecule has 1 aromatic heterocycles. The summed E-state index contributed by atoms with van der Waals surface area (Å²) in [5.74, 6) is -0.385. The third-order valence-corrected chi connectivity index (χ3v) is 5.08. The van der Waals surface area contributed by atoms with Gasteiger partial charge in [-0.1, -0.05) is 13.0 Å². The first-order valence-electron chi connectivity index (χ1n) is 9.16. The van der Waals surface area contributed by atoms with E-state index in [1.807, 2.05) is 22.8 Å². The Balaban J connectivity index is 1.54. The SMILES string of the molecule is CCC(=O)NC1COCC1NC(=O)c1ccc2cc3n(c2c1)CCNC3=O. The zero-order valence-corrected chi connectivity index (χ0v) is 15.1. The van der Waals surface area contributed by atoms with Crippen LogP contribution in [0.15, 0.2) is 24.3 Å². The van der Waals surface area contributed by atoms with Gasteiger partial charge in [0.05, 0.1) is 25.3 Å². The second-order valence-corrected chi connectivity index (χ2v) is 6.86. The molecule has 0 saturated carbocycles. The third kappa shape index (κ3) is 3.28. The number of amides is 3. The third-order valence-electron chi connectivity index (χ3n) is 5.08. The van der Waals surface area contributed by atoms with Crippen LogP contribution in [0.4, 0.5) is 0 Å². The Morgan fingerprint density at radius 1 is 1.22 bits per heavy atom. The summed E-state index contributed by atoms with van der Waals surface area (Å²) >= 11 is 0. The van der Waals surface area contributed by atoms with Gasteiger partial charge in [-0.2, -0.15) is 0 Å². The van der Waals surface area contributed by atoms with Gasteiger partial charge in [-0.25, -0.2) is 0 Å². The van der Waals surface area contributed by atoms with Crippen molar-refractivity contribution < 1.29 is 19.1 Å². The summed E-state index contributed by atoms with van der Waals surface area (Å²) in [4.78, 5) is 36.4. The molecule has 2 aliphatic heterocycles. The van der Waals surface area contributed by atoms with Crippen molar-refractivity contribution in [3.63, 3.8) is 0 Å². The van der Waals surface area contributed by atoms with Crippen LogP contribution in [0, 0.1) is 0 Å². The van der Waals surface area contributed by atoms with E-state index in [0.717, 1.165) is 10.9 Å². The molecule has 1 fully saturated rings. The Hall–Kier alpha value is -2.87. The molecule has 27 heavy (non-hydrogen) atoms. The van der Waals surface area contributed by atoms with Gasteiger partial charge in [-0.05, 0) is 18.2 Å². The second kappa shape index (κ2) is 7.03. The monoisotopic (exact) mass is 370 g/mol. The van der Waals surface area contributed by atoms with E-state index in [1.54, 1.807) is 13.0 Å². The Morgan fingerprint density at radius 2 is 2.00 bits per heavy atom. The molecular formula is C19H22N4O4. The van der Waals surface area contributed by atoms with E-state index in [-0.39, 0.29) is 29.8 Å². The summed E-state index contributed by atoms with van der Waals surface area (Å²) in [6, 6.07) is 6.75. The number of nitrogens with one attached hydrogen (secondary N) is 3. The molecule has 8 heteroatoms. The topological polar surface area (TPSA) is 101 Å². The van der Waals surface area contributed by atoms with E-state index in [9.17, 15) is 14.4 Å². The van der Waals surface area contributed by atoms with Gasteiger partial charge in [0.15, 0.2) is 0 Å². The minimum Gasteiger partial charge on any atom is -0.377 e. The molecule has 3 heterocycles. The summed E-state index contributed by atoms with van der Waals surface area (Å²) in [6.07, 6.45) is 0.390. The lowest BCUT2D eigenvalue weighted by atomic mass is 10.1. The molecule has 0 bridgehead atoms. The van der Waals surface area contributed by atoms with E-state index in [2.05, 4.69) is 16.0 Å². The van der Waals surface area contributed by atoms with Gasteiger partial charge in [0, 0.05) is 36.0 Å². The van der Waals surface area contributed by atoms with Crippen molar-refractivity contribution >= 4 is 28.6 Å². The maximum atomic E-state index is 12.7. The molecule has 2 unspecified atom stereocenters. The molecule has 2 aliphatic rings. The van der Waals surface area contributed by atoms with Crippen molar-refractivity contribution in [2.45, 2.75) is 32.0 Å². The molecule has 0 radical (unpaired) electrons. The van der Waals surface area contributed by atoms with Crippen molar-refractivity contribution in [2.24, 2.45) is 0 Å². The van der Waals surface area contributed by atoms with E-state index in [4.69, 9.17) is 4.74 Å². The number of rotatable bonds is 4. The molecule has 2 aromatic rings. The number of carbonyl (C=O) groups excluding carboxylic acids is 3. The van der Waals surface area contributed by atoms with Gasteiger partial charge in [0.2, 0.25) is 5.91 Å². The number of hydrogen-bond acceptors (Lipinski definition) is 4. The van der Waals surface area contributed by atoms with Crippen LogP contribution in [0.1, 0.15) is 34.2 Å². The minimum absolute atomic E-state index is 0.0655. The first-order valence-corrected chi connectivity index (χ1v) is 9.16. The zero-order valence-electron chi connectivity index (χ0n) is 15.1. The number of nitrogens with zero attached hydrogens (tertiary/aromatic N) is 1. The van der Waals surface area contributed by atoms with Crippen LogP contribution in [0.3, 0.4) is 0 Å². The number of fused-ring (bicyclic) bond motifs is 3. The number of carbonyl (C=O) groups is 3. The van der Waals surface area contributed by atoms with Gasteiger partial charge < -0.3 is 25.3 Å². The summed E-state index contributed by atoms with van der Waals surface area (Å²) in [6.45, 7) is 3.79. The van der Waals surface area contributed by atoms with E-state index in [0.29, 0.717) is 44.0 Å². The summed E-state index contributed by atoms with van der Waals surface area (Å²) in [5.41, 5.74) is 1.99. The zero-order chi connectivity index (χ0) is 19.0. The summed E-state index contributed by atoms with van der Waals surface area (Å²) in [7, 11) is 0. The Bertz CT molecular complexity index is 920. The van der Waals surface area contributed by atoms with Crippen LogP contribution >= 0.6 is 0 Å². The standard InChI is InChI=1S/C19H22N4O4/c1-2-17(24)21-13-9-27-10-14(13)22-18(25)12-4-3-11-7-16-19(26)20-5-6-23(16)15(11)8-12/h3-4,7-8,13-14H,2,5-6,9-10H2,1H3,(H,20,26)(H,21,24)(H,22,25). The van der Waals surface area contributed by atoms with E-state index in [1.165, 1.54) is 0 Å². The van der Waals surface area contributed by atoms with Crippen LogP contribution in [0.25, 0.3) is 10.9 Å². The molecule has 1 saturated heterocycles. The molecular weight excluding hydrogens is 348 g/mol. The molecule has 2 atom stereocenters. The lowest BCUT2D eigenvalue weighted by Gasteiger charge is -2.20. The number of aromatic nitrogens is 1. The highest BCUT2D eigenvalue weighted by atomic mass is 16.5. The Labute approximate surface area is 156 Å². The fourth-order valence-corrected chi connectivity index (χ4v) is 3.60. The minimum atomic E-state index is -0.268. The number of ether oxygens (including phenoxy) is 1. The van der Waals surface area contributed by atoms with E-state index < -0.39 is 0 Å². The summed E-state index contributed by atoms with van der Waals surface area (Å²) < 4.78 is 7.36. The van der Waals surface area contributed by atoms with Crippen molar-refractivity contribution in [3.8, 4) is 0 Å². The lowest BCUT2D eigenvalue weighted by molar-refractivity contribution is -0.121.